The maximum absolute atomic E-state index is 13.1. The van der Waals surface area contributed by atoms with Crippen LogP contribution >= 0.6 is 0 Å². The van der Waals surface area contributed by atoms with Crippen molar-refractivity contribution in [2.75, 3.05) is 13.1 Å². The van der Waals surface area contributed by atoms with Gasteiger partial charge in [0.2, 0.25) is 15.9 Å². The molecule has 3 aromatic rings. The van der Waals surface area contributed by atoms with E-state index in [1.165, 1.54) is 4.31 Å². The number of hydrogen-bond acceptors (Lipinski definition) is 5. The normalized spacial score (nSPS) is 18.7. The first kappa shape index (κ1) is 21.5. The number of nitrogens with zero attached hydrogens (tertiary/aromatic N) is 2. The summed E-state index contributed by atoms with van der Waals surface area (Å²) in [7, 11) is -3.76. The molecule has 0 bridgehead atoms. The van der Waals surface area contributed by atoms with Crippen LogP contribution in [0.5, 0.6) is 0 Å². The van der Waals surface area contributed by atoms with E-state index in [0.29, 0.717) is 25.1 Å². The standard InChI is InChI=1S/C23H27N3O4S/c1-15(20-12-6-9-18-8-4-5-11-21(18)20)24-23(27)19-10-7-13-26(14-19)31(28,29)22-16(2)25-30-17(22)3/h4-6,8-9,11-12,15,19H,7,10,13-14H2,1-3H3,(H,24,27)/t15-,19-/m0/s1. The molecule has 1 amide bonds. The van der Waals surface area contributed by atoms with Gasteiger partial charge in [0, 0.05) is 13.1 Å². The van der Waals surface area contributed by atoms with Crippen LogP contribution in [0, 0.1) is 19.8 Å². The summed E-state index contributed by atoms with van der Waals surface area (Å²) < 4.78 is 32.7. The highest BCUT2D eigenvalue weighted by Crippen LogP contribution is 2.29. The van der Waals surface area contributed by atoms with Gasteiger partial charge in [0.1, 0.15) is 10.6 Å². The summed E-state index contributed by atoms with van der Waals surface area (Å²) in [5, 5.41) is 9.09. The largest absolute Gasteiger partial charge is 0.360 e. The maximum atomic E-state index is 13.1. The van der Waals surface area contributed by atoms with E-state index in [4.69, 9.17) is 4.52 Å². The van der Waals surface area contributed by atoms with E-state index in [1.54, 1.807) is 13.8 Å². The van der Waals surface area contributed by atoms with Gasteiger partial charge in [-0.1, -0.05) is 47.6 Å². The van der Waals surface area contributed by atoms with E-state index in [-0.39, 0.29) is 29.1 Å². The van der Waals surface area contributed by atoms with Gasteiger partial charge in [-0.15, -0.1) is 0 Å². The highest BCUT2D eigenvalue weighted by atomic mass is 32.2. The Bertz CT molecular complexity index is 1190. The molecule has 31 heavy (non-hydrogen) atoms. The number of sulfonamides is 1. The molecule has 8 heteroatoms. The second-order valence-corrected chi connectivity index (χ2v) is 10.0. The van der Waals surface area contributed by atoms with Crippen LogP contribution in [0.25, 0.3) is 10.8 Å². The van der Waals surface area contributed by atoms with Gasteiger partial charge in [-0.05, 0) is 49.9 Å². The number of piperidine rings is 1. The van der Waals surface area contributed by atoms with Crippen LogP contribution < -0.4 is 5.32 Å². The van der Waals surface area contributed by atoms with Crippen molar-refractivity contribution in [1.29, 1.82) is 0 Å². The molecule has 7 nitrogen and oxygen atoms in total. The molecule has 0 aliphatic carbocycles. The lowest BCUT2D eigenvalue weighted by molar-refractivity contribution is -0.126. The van der Waals surface area contributed by atoms with E-state index in [2.05, 4.69) is 10.5 Å². The third kappa shape index (κ3) is 4.09. The van der Waals surface area contributed by atoms with Crippen molar-refractivity contribution in [3.05, 3.63) is 59.5 Å². The summed E-state index contributed by atoms with van der Waals surface area (Å²) in [5.41, 5.74) is 1.39. The number of aryl methyl sites for hydroxylation is 2. The lowest BCUT2D eigenvalue weighted by Crippen LogP contribution is -2.46. The zero-order valence-corrected chi connectivity index (χ0v) is 18.8. The Labute approximate surface area is 182 Å². The first-order valence-corrected chi connectivity index (χ1v) is 11.9. The molecular formula is C23H27N3O4S. The molecule has 0 saturated carbocycles. The highest BCUT2D eigenvalue weighted by Gasteiger charge is 2.36. The molecule has 1 saturated heterocycles. The van der Waals surface area contributed by atoms with Crippen LogP contribution in [0.2, 0.25) is 0 Å². The minimum absolute atomic E-state index is 0.109. The molecule has 1 aliphatic rings. The Hall–Kier alpha value is -2.71. The van der Waals surface area contributed by atoms with Crippen molar-refractivity contribution in [2.45, 2.75) is 44.6 Å². The topological polar surface area (TPSA) is 92.5 Å². The number of benzene rings is 2. The third-order valence-electron chi connectivity index (χ3n) is 5.97. The second kappa shape index (κ2) is 8.43. The van der Waals surface area contributed by atoms with E-state index in [1.807, 2.05) is 49.4 Å². The summed E-state index contributed by atoms with van der Waals surface area (Å²) in [6.45, 7) is 5.70. The number of carbonyl (C=O) groups is 1. The number of aromatic nitrogens is 1. The average molecular weight is 442 g/mol. The molecule has 1 fully saturated rings. The van der Waals surface area contributed by atoms with Gasteiger partial charge < -0.3 is 9.84 Å². The zero-order valence-electron chi connectivity index (χ0n) is 18.0. The predicted molar refractivity (Wildman–Crippen MR) is 118 cm³/mol. The fraction of sp³-hybridized carbons (Fsp3) is 0.391. The minimum Gasteiger partial charge on any atom is -0.360 e. The quantitative estimate of drug-likeness (QED) is 0.651. The fourth-order valence-electron chi connectivity index (χ4n) is 4.38. The lowest BCUT2D eigenvalue weighted by Gasteiger charge is -2.31. The van der Waals surface area contributed by atoms with Crippen LogP contribution in [-0.2, 0) is 14.8 Å². The Kier molecular flexibility index (Phi) is 5.85. The van der Waals surface area contributed by atoms with Crippen LogP contribution in [0.3, 0.4) is 0 Å². The summed E-state index contributed by atoms with van der Waals surface area (Å²) in [6, 6.07) is 13.9. The predicted octanol–water partition coefficient (Wildman–Crippen LogP) is 3.72. The molecule has 2 atom stereocenters. The number of amides is 1. The third-order valence-corrected chi connectivity index (χ3v) is 8.08. The van der Waals surface area contributed by atoms with Crippen LogP contribution in [0.4, 0.5) is 0 Å². The molecule has 1 aliphatic heterocycles. The fourth-order valence-corrected chi connectivity index (χ4v) is 6.20. The van der Waals surface area contributed by atoms with Crippen molar-refractivity contribution in [2.24, 2.45) is 5.92 Å². The van der Waals surface area contributed by atoms with Crippen molar-refractivity contribution in [3.63, 3.8) is 0 Å². The average Bonchev–Trinajstić information content (AvgIpc) is 3.12. The van der Waals surface area contributed by atoms with Gasteiger partial charge in [-0.25, -0.2) is 8.42 Å². The van der Waals surface area contributed by atoms with Crippen molar-refractivity contribution in [3.8, 4) is 0 Å². The first-order chi connectivity index (χ1) is 14.8. The molecule has 2 heterocycles. The highest BCUT2D eigenvalue weighted by molar-refractivity contribution is 7.89. The van der Waals surface area contributed by atoms with Gasteiger partial charge in [-0.3, -0.25) is 4.79 Å². The molecule has 0 spiro atoms. The first-order valence-electron chi connectivity index (χ1n) is 10.5. The minimum atomic E-state index is -3.76. The SMILES string of the molecule is Cc1noc(C)c1S(=O)(=O)N1CCC[C@H](C(=O)N[C@@H](C)c2cccc3ccccc23)C1. The monoisotopic (exact) mass is 441 g/mol. The lowest BCUT2D eigenvalue weighted by atomic mass is 9.96. The van der Waals surface area contributed by atoms with Crippen molar-refractivity contribution >= 4 is 26.7 Å². The summed E-state index contributed by atoms with van der Waals surface area (Å²) in [5.74, 6) is -0.255. The smallest absolute Gasteiger partial charge is 0.248 e. The number of carbonyl (C=O) groups excluding carboxylic acids is 1. The number of hydrogen-bond donors (Lipinski definition) is 1. The van der Waals surface area contributed by atoms with Gasteiger partial charge in [0.15, 0.2) is 5.76 Å². The van der Waals surface area contributed by atoms with Gasteiger partial charge in [0.05, 0.1) is 12.0 Å². The van der Waals surface area contributed by atoms with Crippen LogP contribution in [-0.4, -0.2) is 36.9 Å². The van der Waals surface area contributed by atoms with E-state index < -0.39 is 15.9 Å². The molecule has 0 radical (unpaired) electrons. The molecule has 4 rings (SSSR count). The van der Waals surface area contributed by atoms with Crippen molar-refractivity contribution in [1.82, 2.24) is 14.8 Å². The number of rotatable bonds is 5. The molecule has 1 aromatic heterocycles. The second-order valence-electron chi connectivity index (χ2n) is 8.15. The van der Waals surface area contributed by atoms with Gasteiger partial charge >= 0.3 is 0 Å². The van der Waals surface area contributed by atoms with Gasteiger partial charge in [0.25, 0.3) is 0 Å². The van der Waals surface area contributed by atoms with E-state index in [0.717, 1.165) is 16.3 Å². The summed E-state index contributed by atoms with van der Waals surface area (Å²) in [6.07, 6.45) is 1.28. The van der Waals surface area contributed by atoms with Crippen LogP contribution in [0.1, 0.15) is 42.8 Å². The number of fused-ring (bicyclic) bond motifs is 1. The molecule has 2 aromatic carbocycles. The molecule has 164 valence electrons. The van der Waals surface area contributed by atoms with Gasteiger partial charge in [-0.2, -0.15) is 4.31 Å². The van der Waals surface area contributed by atoms with E-state index >= 15 is 0 Å². The maximum Gasteiger partial charge on any atom is 0.248 e. The Morgan fingerprint density at radius 1 is 1.19 bits per heavy atom. The Balaban J connectivity index is 1.50. The summed E-state index contributed by atoms with van der Waals surface area (Å²) >= 11 is 0. The van der Waals surface area contributed by atoms with Crippen molar-refractivity contribution < 1.29 is 17.7 Å². The Morgan fingerprint density at radius 2 is 1.94 bits per heavy atom. The Morgan fingerprint density at radius 3 is 2.68 bits per heavy atom. The van der Waals surface area contributed by atoms with E-state index in [9.17, 15) is 13.2 Å². The number of nitrogens with one attached hydrogen (secondary N) is 1. The zero-order chi connectivity index (χ0) is 22.2. The molecular weight excluding hydrogens is 414 g/mol. The molecule has 1 N–H and O–H groups in total. The summed E-state index contributed by atoms with van der Waals surface area (Å²) in [4.78, 5) is 13.2. The molecule has 0 unspecified atom stereocenters. The van der Waals surface area contributed by atoms with Crippen LogP contribution in [0.15, 0.2) is 51.9 Å².